The molecule has 0 fully saturated rings. The lowest BCUT2D eigenvalue weighted by atomic mass is 9.72. The van der Waals surface area contributed by atoms with Crippen LogP contribution < -0.4 is 14.7 Å². The Morgan fingerprint density at radius 1 is 1.46 bits per heavy atom. The number of fused-ring (bicyclic) bond motifs is 1. The van der Waals surface area contributed by atoms with E-state index in [9.17, 15) is 32.3 Å². The van der Waals surface area contributed by atoms with Gasteiger partial charge in [0.25, 0.3) is 0 Å². The van der Waals surface area contributed by atoms with Gasteiger partial charge in [-0.15, -0.1) is 4.91 Å². The standard InChI is InChI=1S/C13H15BFN3O7S/c1-26(23,24)16-5-4-10(19)17-9-6-7-2-3-8(15)11(13(20)18-22)12(7)25-14(9)21/h2-3,9,16,21H,4-6H2,1H3,(H,17,19)/t9-/m0/s1. The molecular weight excluding hydrogens is 372 g/mol. The second-order valence-electron chi connectivity index (χ2n) is 5.61. The average molecular weight is 387 g/mol. The molecule has 1 aromatic rings. The third-order valence-corrected chi connectivity index (χ3v) is 4.30. The highest BCUT2D eigenvalue weighted by atomic mass is 32.2. The van der Waals surface area contributed by atoms with Gasteiger partial charge in [-0.1, -0.05) is 6.07 Å². The van der Waals surface area contributed by atoms with Crippen LogP contribution in [0, 0.1) is 10.7 Å². The van der Waals surface area contributed by atoms with Crippen LogP contribution in [-0.2, 0) is 21.2 Å². The van der Waals surface area contributed by atoms with Gasteiger partial charge in [0.05, 0.1) is 12.2 Å². The van der Waals surface area contributed by atoms with Crippen LogP contribution in [0.25, 0.3) is 0 Å². The van der Waals surface area contributed by atoms with Gasteiger partial charge in [-0.2, -0.15) is 0 Å². The molecule has 1 atom stereocenters. The molecule has 2 amide bonds. The Hall–Kier alpha value is -2.38. The second-order valence-corrected chi connectivity index (χ2v) is 7.44. The van der Waals surface area contributed by atoms with Gasteiger partial charge in [-0.05, 0) is 18.1 Å². The van der Waals surface area contributed by atoms with Gasteiger partial charge >= 0.3 is 13.0 Å². The molecule has 1 aliphatic rings. The summed E-state index contributed by atoms with van der Waals surface area (Å²) in [6.07, 6.45) is 0.777. The van der Waals surface area contributed by atoms with Crippen molar-refractivity contribution in [3.63, 3.8) is 0 Å². The molecule has 0 unspecified atom stereocenters. The normalized spacial score (nSPS) is 16.4. The molecule has 13 heteroatoms. The number of nitrogens with one attached hydrogen (secondary N) is 2. The minimum Gasteiger partial charge on any atom is -0.534 e. The van der Waals surface area contributed by atoms with E-state index < -0.39 is 46.3 Å². The third-order valence-electron chi connectivity index (χ3n) is 3.57. The Labute approximate surface area is 148 Å². The molecule has 0 radical (unpaired) electrons. The van der Waals surface area contributed by atoms with E-state index in [0.717, 1.165) is 12.3 Å². The molecule has 140 valence electrons. The lowest BCUT2D eigenvalue weighted by Crippen LogP contribution is -2.53. The monoisotopic (exact) mass is 387 g/mol. The minimum atomic E-state index is -3.43. The number of rotatable bonds is 6. The fourth-order valence-corrected chi connectivity index (χ4v) is 2.91. The molecule has 0 aromatic heterocycles. The van der Waals surface area contributed by atoms with Crippen molar-refractivity contribution in [2.45, 2.75) is 18.8 Å². The zero-order valence-electron chi connectivity index (χ0n) is 13.6. The fourth-order valence-electron chi connectivity index (χ4n) is 2.43. The van der Waals surface area contributed by atoms with E-state index in [1.54, 1.807) is 0 Å². The Bertz CT molecular complexity index is 848. The summed E-state index contributed by atoms with van der Waals surface area (Å²) in [5, 5.41) is 14.6. The van der Waals surface area contributed by atoms with Gasteiger partial charge in [0.2, 0.25) is 15.9 Å². The first-order valence-corrected chi connectivity index (χ1v) is 9.29. The van der Waals surface area contributed by atoms with E-state index in [-0.39, 0.29) is 25.1 Å². The zero-order valence-corrected chi connectivity index (χ0v) is 14.4. The first-order valence-electron chi connectivity index (χ1n) is 7.40. The number of amides is 2. The maximum absolute atomic E-state index is 13.8. The highest BCUT2D eigenvalue weighted by molar-refractivity contribution is 7.88. The summed E-state index contributed by atoms with van der Waals surface area (Å²) in [5.74, 6) is -4.15. The first-order chi connectivity index (χ1) is 12.1. The summed E-state index contributed by atoms with van der Waals surface area (Å²) < 4.78 is 42.9. The number of nitroso groups, excluding NO2 is 1. The lowest BCUT2D eigenvalue weighted by molar-refractivity contribution is -0.121. The molecule has 1 heterocycles. The first kappa shape index (κ1) is 19.9. The van der Waals surface area contributed by atoms with Crippen molar-refractivity contribution < 1.29 is 32.1 Å². The van der Waals surface area contributed by atoms with Crippen LogP contribution in [0.1, 0.15) is 22.3 Å². The molecule has 3 N–H and O–H groups in total. The largest absolute Gasteiger partial charge is 0.547 e. The molecule has 2 rings (SSSR count). The Morgan fingerprint density at radius 2 is 2.15 bits per heavy atom. The SMILES string of the molecule is CS(=O)(=O)NCCC(=O)N[C@H]1Cc2ccc(F)c(C(=O)N=O)c2OB1O. The van der Waals surface area contributed by atoms with Gasteiger partial charge in [0.1, 0.15) is 17.1 Å². The molecular formula is C13H15BFN3O7S. The zero-order chi connectivity index (χ0) is 19.5. The predicted molar refractivity (Wildman–Crippen MR) is 88.2 cm³/mol. The predicted octanol–water partition coefficient (Wildman–Crippen LogP) is -0.889. The van der Waals surface area contributed by atoms with Crippen LogP contribution >= 0.6 is 0 Å². The van der Waals surface area contributed by atoms with Crippen molar-refractivity contribution >= 4 is 29.0 Å². The Balaban J connectivity index is 2.09. The van der Waals surface area contributed by atoms with Gasteiger partial charge in [-0.25, -0.2) is 17.5 Å². The lowest BCUT2D eigenvalue weighted by Gasteiger charge is -2.29. The fraction of sp³-hybridized carbons (Fsp3) is 0.385. The number of benzene rings is 1. The van der Waals surface area contributed by atoms with E-state index in [0.29, 0.717) is 5.56 Å². The van der Waals surface area contributed by atoms with Crippen molar-refractivity contribution in [1.82, 2.24) is 10.0 Å². The van der Waals surface area contributed by atoms with Crippen molar-refractivity contribution in [2.24, 2.45) is 5.18 Å². The molecule has 1 aliphatic heterocycles. The van der Waals surface area contributed by atoms with Crippen molar-refractivity contribution in [3.05, 3.63) is 34.0 Å². The quantitative estimate of drug-likeness (QED) is 0.423. The van der Waals surface area contributed by atoms with E-state index in [1.807, 2.05) is 0 Å². The summed E-state index contributed by atoms with van der Waals surface area (Å²) in [6.45, 7) is -0.125. The summed E-state index contributed by atoms with van der Waals surface area (Å²) in [7, 11) is -5.03. The summed E-state index contributed by atoms with van der Waals surface area (Å²) in [6, 6.07) is 2.25. The third kappa shape index (κ3) is 4.83. The Kier molecular flexibility index (Phi) is 6.05. The van der Waals surface area contributed by atoms with E-state index >= 15 is 0 Å². The molecule has 26 heavy (non-hydrogen) atoms. The maximum Gasteiger partial charge on any atom is 0.547 e. The molecule has 0 spiro atoms. The minimum absolute atomic E-state index is 0.00115. The number of hydrogen-bond donors (Lipinski definition) is 3. The summed E-state index contributed by atoms with van der Waals surface area (Å²) >= 11 is 0. The van der Waals surface area contributed by atoms with Gasteiger partial charge in [-0.3, -0.25) is 9.59 Å². The van der Waals surface area contributed by atoms with Crippen LogP contribution in [0.2, 0.25) is 0 Å². The number of carbonyl (C=O) groups is 2. The van der Waals surface area contributed by atoms with Crippen molar-refractivity contribution in [2.75, 3.05) is 12.8 Å². The number of carbonyl (C=O) groups excluding carboxylic acids is 2. The van der Waals surface area contributed by atoms with Crippen LogP contribution in [0.15, 0.2) is 17.3 Å². The number of hydrogen-bond acceptors (Lipinski definition) is 7. The molecule has 0 saturated heterocycles. The number of sulfonamides is 1. The molecule has 1 aromatic carbocycles. The number of halogens is 1. The molecule has 0 saturated carbocycles. The second kappa shape index (κ2) is 7.89. The summed E-state index contributed by atoms with van der Waals surface area (Å²) in [4.78, 5) is 33.7. The molecule has 0 bridgehead atoms. The van der Waals surface area contributed by atoms with Crippen LogP contribution in [0.5, 0.6) is 5.75 Å². The highest BCUT2D eigenvalue weighted by Crippen LogP contribution is 2.32. The smallest absolute Gasteiger partial charge is 0.534 e. The maximum atomic E-state index is 13.8. The number of nitrogens with zero attached hydrogens (tertiary/aromatic N) is 1. The van der Waals surface area contributed by atoms with Gasteiger partial charge < -0.3 is 15.0 Å². The van der Waals surface area contributed by atoms with Crippen LogP contribution in [-0.4, -0.2) is 51.1 Å². The highest BCUT2D eigenvalue weighted by Gasteiger charge is 2.38. The van der Waals surface area contributed by atoms with E-state index in [4.69, 9.17) is 4.65 Å². The van der Waals surface area contributed by atoms with Crippen molar-refractivity contribution in [3.8, 4) is 5.75 Å². The topological polar surface area (TPSA) is 151 Å². The van der Waals surface area contributed by atoms with E-state index in [2.05, 4.69) is 15.2 Å². The molecule has 0 aliphatic carbocycles. The van der Waals surface area contributed by atoms with Crippen LogP contribution in [0.4, 0.5) is 4.39 Å². The summed E-state index contributed by atoms with van der Waals surface area (Å²) in [5.41, 5.74) is -0.387. The Morgan fingerprint density at radius 3 is 2.77 bits per heavy atom. The van der Waals surface area contributed by atoms with Gasteiger partial charge in [0.15, 0.2) is 0 Å². The van der Waals surface area contributed by atoms with E-state index in [1.165, 1.54) is 6.07 Å². The van der Waals surface area contributed by atoms with Gasteiger partial charge in [0, 0.05) is 18.1 Å². The van der Waals surface area contributed by atoms with Crippen molar-refractivity contribution in [1.29, 1.82) is 0 Å². The molecule has 10 nitrogen and oxygen atoms in total. The average Bonchev–Trinajstić information content (AvgIpc) is 2.54. The van der Waals surface area contributed by atoms with Crippen LogP contribution in [0.3, 0.4) is 0 Å².